The number of aliphatic hydroxyl groups is 1. The van der Waals surface area contributed by atoms with E-state index in [2.05, 4.69) is 10.3 Å². The molecule has 0 aliphatic carbocycles. The van der Waals surface area contributed by atoms with E-state index in [1.165, 1.54) is 0 Å². The SMILES string of the molecule is CC1(C)NC(=O)N(CC(=O)N2C[C@H]3CN(C(=O)c4ccc[nH]4)C[C@@]3(CO)C2)C1=O.O=CO. The maximum absolute atomic E-state index is 12.8. The van der Waals surface area contributed by atoms with Crippen LogP contribution in [0.15, 0.2) is 18.3 Å². The van der Waals surface area contributed by atoms with E-state index in [0.717, 1.165) is 4.90 Å². The van der Waals surface area contributed by atoms with Crippen LogP contribution in [0.25, 0.3) is 0 Å². The van der Waals surface area contributed by atoms with E-state index in [1.54, 1.807) is 42.0 Å². The topological polar surface area (TPSA) is 163 Å². The number of H-pyrrole nitrogens is 1. The Balaban J connectivity index is 0.000000913. The van der Waals surface area contributed by atoms with Gasteiger partial charge in [-0.2, -0.15) is 0 Å². The lowest BCUT2D eigenvalue weighted by Gasteiger charge is -2.27. The van der Waals surface area contributed by atoms with Gasteiger partial charge in [-0.1, -0.05) is 0 Å². The molecular formula is C20H27N5O7. The van der Waals surface area contributed by atoms with Gasteiger partial charge in [0.25, 0.3) is 18.3 Å². The van der Waals surface area contributed by atoms with Crippen molar-refractivity contribution in [2.75, 3.05) is 39.3 Å². The number of rotatable bonds is 4. The van der Waals surface area contributed by atoms with Gasteiger partial charge in [-0.15, -0.1) is 0 Å². The highest BCUT2D eigenvalue weighted by Crippen LogP contribution is 2.42. The fourth-order valence-corrected chi connectivity index (χ4v) is 4.58. The fraction of sp³-hybridized carbons (Fsp3) is 0.550. The second kappa shape index (κ2) is 8.61. The van der Waals surface area contributed by atoms with Crippen LogP contribution in [0.4, 0.5) is 4.79 Å². The van der Waals surface area contributed by atoms with Gasteiger partial charge in [0.1, 0.15) is 17.8 Å². The number of amides is 5. The molecule has 0 aromatic carbocycles. The van der Waals surface area contributed by atoms with Gasteiger partial charge in [-0.3, -0.25) is 24.1 Å². The van der Waals surface area contributed by atoms with Crippen molar-refractivity contribution in [3.63, 3.8) is 0 Å². The van der Waals surface area contributed by atoms with Crippen LogP contribution in [0.1, 0.15) is 24.3 Å². The molecule has 4 N–H and O–H groups in total. The van der Waals surface area contributed by atoms with Crippen LogP contribution in [0.5, 0.6) is 0 Å². The Labute approximate surface area is 184 Å². The Morgan fingerprint density at radius 3 is 2.34 bits per heavy atom. The number of urea groups is 1. The number of hydrogen-bond acceptors (Lipinski definition) is 6. The minimum Gasteiger partial charge on any atom is -0.483 e. The van der Waals surface area contributed by atoms with Crippen LogP contribution in [-0.4, -0.2) is 105 Å². The fourth-order valence-electron chi connectivity index (χ4n) is 4.58. The number of carbonyl (C=O) groups is 5. The summed E-state index contributed by atoms with van der Waals surface area (Å²) in [5.41, 5.74) is -1.12. The first-order valence-electron chi connectivity index (χ1n) is 10.1. The predicted octanol–water partition coefficient (Wildman–Crippen LogP) is -1.06. The van der Waals surface area contributed by atoms with Gasteiger partial charge in [-0.25, -0.2) is 4.79 Å². The molecule has 174 valence electrons. The first-order valence-corrected chi connectivity index (χ1v) is 10.1. The number of carboxylic acid groups (broad SMARTS) is 1. The van der Waals surface area contributed by atoms with E-state index >= 15 is 0 Å². The number of hydrogen-bond donors (Lipinski definition) is 4. The zero-order valence-electron chi connectivity index (χ0n) is 17.9. The molecule has 32 heavy (non-hydrogen) atoms. The van der Waals surface area contributed by atoms with Crippen molar-refractivity contribution in [2.24, 2.45) is 11.3 Å². The standard InChI is InChI=1S/C19H25N5O5.CH2O2/c1-18(2)16(28)24(17(29)21-18)8-14(26)22-6-12-7-23(10-19(12,9-22)11-25)15(27)13-4-3-5-20-13;2-1-3/h3-5,12,20,25H,6-11H2,1-2H3,(H,21,29);1H,(H,2,3)/t12-,19+;/m0./s1. The molecular weight excluding hydrogens is 422 g/mol. The number of fused-ring (bicyclic) bond motifs is 1. The van der Waals surface area contributed by atoms with Crippen molar-refractivity contribution in [1.82, 2.24) is 25.0 Å². The predicted molar refractivity (Wildman–Crippen MR) is 109 cm³/mol. The number of aromatic amines is 1. The molecule has 5 amide bonds. The Bertz CT molecular complexity index is 915. The number of nitrogens with zero attached hydrogens (tertiary/aromatic N) is 3. The van der Waals surface area contributed by atoms with E-state index in [-0.39, 0.29) is 43.9 Å². The molecule has 0 saturated carbocycles. The van der Waals surface area contributed by atoms with Crippen molar-refractivity contribution in [2.45, 2.75) is 19.4 Å². The van der Waals surface area contributed by atoms with Crippen molar-refractivity contribution >= 4 is 30.2 Å². The lowest BCUT2D eigenvalue weighted by atomic mass is 9.82. The highest BCUT2D eigenvalue weighted by Gasteiger charge is 2.55. The number of carbonyl (C=O) groups excluding carboxylic acids is 4. The molecule has 0 radical (unpaired) electrons. The second-order valence-electron chi connectivity index (χ2n) is 8.81. The molecule has 1 aromatic heterocycles. The number of nitrogens with one attached hydrogen (secondary N) is 2. The molecule has 2 atom stereocenters. The number of likely N-dealkylation sites (tertiary alicyclic amines) is 2. The van der Waals surface area contributed by atoms with E-state index in [1.807, 2.05) is 0 Å². The zero-order valence-corrected chi connectivity index (χ0v) is 17.9. The molecule has 3 aliphatic heterocycles. The average Bonchev–Trinajstić information content (AvgIpc) is 3.48. The third kappa shape index (κ3) is 4.05. The van der Waals surface area contributed by atoms with Crippen molar-refractivity contribution in [3.05, 3.63) is 24.0 Å². The average molecular weight is 449 g/mol. The van der Waals surface area contributed by atoms with E-state index in [9.17, 15) is 24.3 Å². The van der Waals surface area contributed by atoms with Gasteiger partial charge in [0.2, 0.25) is 5.91 Å². The largest absolute Gasteiger partial charge is 0.483 e. The van der Waals surface area contributed by atoms with Crippen LogP contribution in [-0.2, 0) is 14.4 Å². The van der Waals surface area contributed by atoms with E-state index in [4.69, 9.17) is 9.90 Å². The molecule has 12 nitrogen and oxygen atoms in total. The Hall–Kier alpha value is -3.41. The molecule has 3 saturated heterocycles. The summed E-state index contributed by atoms with van der Waals surface area (Å²) in [6.07, 6.45) is 1.68. The quantitative estimate of drug-likeness (QED) is 0.336. The molecule has 1 aromatic rings. The maximum atomic E-state index is 12.8. The minimum atomic E-state index is -1.02. The smallest absolute Gasteiger partial charge is 0.325 e. The molecule has 3 aliphatic rings. The van der Waals surface area contributed by atoms with Crippen LogP contribution >= 0.6 is 0 Å². The van der Waals surface area contributed by atoms with Crippen LogP contribution < -0.4 is 5.32 Å². The third-order valence-corrected chi connectivity index (χ3v) is 6.28. The Kier molecular flexibility index (Phi) is 6.26. The van der Waals surface area contributed by atoms with Gasteiger partial charge >= 0.3 is 6.03 Å². The normalized spacial score (nSPS) is 25.8. The summed E-state index contributed by atoms with van der Waals surface area (Å²) in [7, 11) is 0. The Morgan fingerprint density at radius 2 is 1.84 bits per heavy atom. The molecule has 0 bridgehead atoms. The molecule has 12 heteroatoms. The number of aromatic nitrogens is 1. The van der Waals surface area contributed by atoms with Gasteiger partial charge in [0.15, 0.2) is 0 Å². The molecule has 0 unspecified atom stereocenters. The van der Waals surface area contributed by atoms with Crippen molar-refractivity contribution in [3.8, 4) is 0 Å². The first-order chi connectivity index (χ1) is 15.1. The molecule has 3 fully saturated rings. The lowest BCUT2D eigenvalue weighted by Crippen LogP contribution is -2.46. The summed E-state index contributed by atoms with van der Waals surface area (Å²) in [5, 5.41) is 19.5. The monoisotopic (exact) mass is 449 g/mol. The zero-order chi connectivity index (χ0) is 23.7. The van der Waals surface area contributed by atoms with Crippen molar-refractivity contribution in [1.29, 1.82) is 0 Å². The number of imide groups is 1. The molecule has 0 spiro atoms. The summed E-state index contributed by atoms with van der Waals surface area (Å²) in [5.74, 6) is -0.961. The van der Waals surface area contributed by atoms with E-state index in [0.29, 0.717) is 25.3 Å². The molecule has 4 rings (SSSR count). The maximum Gasteiger partial charge on any atom is 0.325 e. The van der Waals surface area contributed by atoms with E-state index < -0.39 is 22.9 Å². The summed E-state index contributed by atoms with van der Waals surface area (Å²) >= 11 is 0. The van der Waals surface area contributed by atoms with Crippen LogP contribution in [0, 0.1) is 11.3 Å². The lowest BCUT2D eigenvalue weighted by molar-refractivity contribution is -0.138. The van der Waals surface area contributed by atoms with Gasteiger partial charge in [-0.05, 0) is 26.0 Å². The highest BCUT2D eigenvalue weighted by atomic mass is 16.3. The van der Waals surface area contributed by atoms with Gasteiger partial charge in [0.05, 0.1) is 6.61 Å². The second-order valence-corrected chi connectivity index (χ2v) is 8.81. The minimum absolute atomic E-state index is 0.0603. The number of aliphatic hydroxyl groups excluding tert-OH is 1. The summed E-state index contributed by atoms with van der Waals surface area (Å²) in [4.78, 5) is 65.2. The van der Waals surface area contributed by atoms with Gasteiger partial charge < -0.3 is 30.3 Å². The Morgan fingerprint density at radius 1 is 1.22 bits per heavy atom. The van der Waals surface area contributed by atoms with Crippen LogP contribution in [0.2, 0.25) is 0 Å². The molecule has 4 heterocycles. The summed E-state index contributed by atoms with van der Waals surface area (Å²) < 4.78 is 0. The third-order valence-electron chi connectivity index (χ3n) is 6.28. The van der Waals surface area contributed by atoms with Gasteiger partial charge in [0, 0.05) is 43.7 Å². The summed E-state index contributed by atoms with van der Waals surface area (Å²) in [6, 6.07) is 2.88. The van der Waals surface area contributed by atoms with Crippen molar-refractivity contribution < 1.29 is 34.2 Å². The van der Waals surface area contributed by atoms with Crippen LogP contribution in [0.3, 0.4) is 0 Å². The summed E-state index contributed by atoms with van der Waals surface area (Å²) in [6.45, 7) is 3.92. The first kappa shape index (κ1) is 23.3. The highest BCUT2D eigenvalue weighted by molar-refractivity contribution is 6.08.